The molecule has 13 heavy (non-hydrogen) atoms. The summed E-state index contributed by atoms with van der Waals surface area (Å²) in [4.78, 5) is 10.1. The molecule has 0 rings (SSSR count). The quantitative estimate of drug-likeness (QED) is 0.540. The van der Waals surface area contributed by atoms with Crippen molar-refractivity contribution in [3.8, 4) is 0 Å². The summed E-state index contributed by atoms with van der Waals surface area (Å²) in [6.07, 6.45) is 5.69. The first kappa shape index (κ1) is 11.9. The Labute approximate surface area is 81.8 Å². The third kappa shape index (κ3) is 6.11. The van der Waals surface area contributed by atoms with Gasteiger partial charge in [0.25, 0.3) is 0 Å². The zero-order chi connectivity index (χ0) is 10.1. The number of carbonyl (C=O) groups excluding carboxylic acids is 1. The molecule has 0 saturated carbocycles. The van der Waals surface area contributed by atoms with E-state index in [4.69, 9.17) is 11.6 Å². The zero-order valence-corrected chi connectivity index (χ0v) is 8.01. The van der Waals surface area contributed by atoms with E-state index in [1.807, 2.05) is 6.92 Å². The van der Waals surface area contributed by atoms with Crippen molar-refractivity contribution in [1.82, 2.24) is 5.32 Å². The Morgan fingerprint density at radius 1 is 1.62 bits per heavy atom. The summed E-state index contributed by atoms with van der Waals surface area (Å²) in [6.45, 7) is 1.88. The van der Waals surface area contributed by atoms with Crippen LogP contribution in [-0.2, 0) is 4.79 Å². The van der Waals surface area contributed by atoms with Gasteiger partial charge in [-0.25, -0.2) is 4.39 Å². The molecule has 0 aliphatic carbocycles. The average Bonchev–Trinajstić information content (AvgIpc) is 2.14. The van der Waals surface area contributed by atoms with Crippen LogP contribution < -0.4 is 5.32 Å². The van der Waals surface area contributed by atoms with Crippen LogP contribution in [0.4, 0.5) is 4.39 Å². The van der Waals surface area contributed by atoms with Gasteiger partial charge in [-0.2, -0.15) is 0 Å². The minimum atomic E-state index is 0.375. The van der Waals surface area contributed by atoms with Gasteiger partial charge in [0, 0.05) is 10.7 Å². The summed E-state index contributed by atoms with van der Waals surface area (Å²) in [5.41, 5.74) is 0.454. The molecule has 0 radical (unpaired) electrons. The first-order valence-corrected chi connectivity index (χ1v) is 4.15. The van der Waals surface area contributed by atoms with Crippen LogP contribution >= 0.6 is 11.6 Å². The number of allylic oxidation sites excluding steroid dienone is 4. The van der Waals surface area contributed by atoms with Crippen molar-refractivity contribution in [3.05, 3.63) is 35.3 Å². The Morgan fingerprint density at radius 2 is 2.31 bits per heavy atom. The third-order valence-electron chi connectivity index (χ3n) is 1.22. The second kappa shape index (κ2) is 7.55. The number of halogens is 2. The predicted molar refractivity (Wildman–Crippen MR) is 51.8 cm³/mol. The molecule has 0 aliphatic rings. The molecule has 0 spiro atoms. The highest BCUT2D eigenvalue weighted by Gasteiger charge is 1.91. The standard InChI is InChI=1S/C9H11ClFNO/c1-2-8(10)6-9(12-7-13)4-3-5-11/h3-7H,2H2,1H3,(H,12,13)/b5-3+,8-6+,9-4+. The van der Waals surface area contributed by atoms with Crippen molar-refractivity contribution in [2.24, 2.45) is 0 Å². The minimum Gasteiger partial charge on any atom is -0.329 e. The van der Waals surface area contributed by atoms with Crippen molar-refractivity contribution in [2.45, 2.75) is 13.3 Å². The van der Waals surface area contributed by atoms with Gasteiger partial charge < -0.3 is 5.32 Å². The topological polar surface area (TPSA) is 29.1 Å². The molecular weight excluding hydrogens is 193 g/mol. The molecule has 0 aliphatic heterocycles. The van der Waals surface area contributed by atoms with E-state index in [0.29, 0.717) is 29.9 Å². The Balaban J connectivity index is 4.50. The van der Waals surface area contributed by atoms with E-state index in [1.165, 1.54) is 12.2 Å². The smallest absolute Gasteiger partial charge is 0.211 e. The van der Waals surface area contributed by atoms with Crippen LogP contribution in [0, 0.1) is 0 Å². The molecule has 0 heterocycles. The molecule has 0 aromatic heterocycles. The van der Waals surface area contributed by atoms with Crippen LogP contribution in [0.2, 0.25) is 0 Å². The summed E-state index contributed by atoms with van der Waals surface area (Å²) >= 11 is 5.72. The van der Waals surface area contributed by atoms with E-state index < -0.39 is 0 Å². The molecule has 0 saturated heterocycles. The molecule has 1 amide bonds. The molecular formula is C9H11ClFNO. The van der Waals surface area contributed by atoms with Crippen molar-refractivity contribution in [1.29, 1.82) is 0 Å². The van der Waals surface area contributed by atoms with Gasteiger partial charge in [0.15, 0.2) is 0 Å². The monoisotopic (exact) mass is 203 g/mol. The van der Waals surface area contributed by atoms with Crippen LogP contribution in [-0.4, -0.2) is 6.41 Å². The Morgan fingerprint density at radius 3 is 2.77 bits per heavy atom. The van der Waals surface area contributed by atoms with Gasteiger partial charge in [0.2, 0.25) is 6.41 Å². The van der Waals surface area contributed by atoms with Crippen molar-refractivity contribution in [3.63, 3.8) is 0 Å². The molecule has 0 atom stereocenters. The van der Waals surface area contributed by atoms with Crippen LogP contribution in [0.1, 0.15) is 13.3 Å². The molecule has 0 fully saturated rings. The highest BCUT2D eigenvalue weighted by Crippen LogP contribution is 2.08. The van der Waals surface area contributed by atoms with Gasteiger partial charge in [-0.1, -0.05) is 18.5 Å². The highest BCUT2D eigenvalue weighted by atomic mass is 35.5. The summed E-state index contributed by atoms with van der Waals surface area (Å²) in [5, 5.41) is 2.98. The third-order valence-corrected chi connectivity index (χ3v) is 1.60. The molecule has 0 unspecified atom stereocenters. The number of carbonyl (C=O) groups is 1. The second-order valence-corrected chi connectivity index (χ2v) is 2.63. The lowest BCUT2D eigenvalue weighted by Crippen LogP contribution is -2.07. The minimum absolute atomic E-state index is 0.375. The van der Waals surface area contributed by atoms with Gasteiger partial charge >= 0.3 is 0 Å². The predicted octanol–water partition coefficient (Wildman–Crippen LogP) is 2.63. The van der Waals surface area contributed by atoms with Gasteiger partial charge in [-0.15, -0.1) is 0 Å². The molecule has 1 N–H and O–H groups in total. The van der Waals surface area contributed by atoms with E-state index in [1.54, 1.807) is 6.08 Å². The van der Waals surface area contributed by atoms with Gasteiger partial charge in [0.05, 0.1) is 6.33 Å². The summed E-state index contributed by atoms with van der Waals surface area (Å²) in [5.74, 6) is 0. The number of rotatable bonds is 5. The maximum Gasteiger partial charge on any atom is 0.211 e. The fourth-order valence-corrected chi connectivity index (χ4v) is 0.734. The van der Waals surface area contributed by atoms with E-state index >= 15 is 0 Å². The summed E-state index contributed by atoms with van der Waals surface area (Å²) in [6, 6.07) is 0. The van der Waals surface area contributed by atoms with Crippen LogP contribution in [0.5, 0.6) is 0 Å². The second-order valence-electron chi connectivity index (χ2n) is 2.15. The van der Waals surface area contributed by atoms with Crippen LogP contribution in [0.15, 0.2) is 35.3 Å². The fraction of sp³-hybridized carbons (Fsp3) is 0.222. The zero-order valence-electron chi connectivity index (χ0n) is 7.26. The van der Waals surface area contributed by atoms with Gasteiger partial charge in [-0.3, -0.25) is 4.79 Å². The average molecular weight is 204 g/mol. The molecule has 2 nitrogen and oxygen atoms in total. The SMILES string of the molecule is CC\C(Cl)=C/C(=C\C=C\F)NC=O. The first-order valence-electron chi connectivity index (χ1n) is 3.77. The van der Waals surface area contributed by atoms with E-state index in [0.717, 1.165) is 0 Å². The Hall–Kier alpha value is -1.09. The lowest BCUT2D eigenvalue weighted by Gasteiger charge is -1.98. The lowest BCUT2D eigenvalue weighted by atomic mass is 10.3. The maximum atomic E-state index is 11.6. The number of nitrogens with one attached hydrogen (secondary N) is 1. The van der Waals surface area contributed by atoms with Crippen LogP contribution in [0.3, 0.4) is 0 Å². The van der Waals surface area contributed by atoms with Crippen molar-refractivity contribution >= 4 is 18.0 Å². The Bertz CT molecular complexity index is 246. The van der Waals surface area contributed by atoms with Gasteiger partial charge in [-0.05, 0) is 24.6 Å². The first-order chi connectivity index (χ1) is 6.24. The lowest BCUT2D eigenvalue weighted by molar-refractivity contribution is -0.108. The fourth-order valence-electron chi connectivity index (χ4n) is 0.617. The molecule has 0 aromatic carbocycles. The van der Waals surface area contributed by atoms with E-state index in [2.05, 4.69) is 5.32 Å². The number of amides is 1. The number of hydrogen-bond acceptors (Lipinski definition) is 1. The number of hydrogen-bond donors (Lipinski definition) is 1. The largest absolute Gasteiger partial charge is 0.329 e. The molecule has 0 bridgehead atoms. The Kier molecular flexibility index (Phi) is 6.92. The summed E-state index contributed by atoms with van der Waals surface area (Å²) < 4.78 is 11.6. The molecule has 72 valence electrons. The van der Waals surface area contributed by atoms with Crippen molar-refractivity contribution < 1.29 is 9.18 Å². The normalized spacial score (nSPS) is 13.5. The summed E-state index contributed by atoms with van der Waals surface area (Å²) in [7, 11) is 0. The van der Waals surface area contributed by atoms with E-state index in [-0.39, 0.29) is 0 Å². The van der Waals surface area contributed by atoms with Crippen molar-refractivity contribution in [2.75, 3.05) is 0 Å². The van der Waals surface area contributed by atoms with E-state index in [9.17, 15) is 9.18 Å². The molecule has 4 heteroatoms. The van der Waals surface area contributed by atoms with Crippen LogP contribution in [0.25, 0.3) is 0 Å². The van der Waals surface area contributed by atoms with Gasteiger partial charge in [0.1, 0.15) is 0 Å². The highest BCUT2D eigenvalue weighted by molar-refractivity contribution is 6.29. The molecule has 0 aromatic rings. The maximum absolute atomic E-state index is 11.6.